The maximum absolute atomic E-state index is 9.07. The Morgan fingerprint density at radius 1 is 1.31 bits per heavy atom. The highest BCUT2D eigenvalue weighted by molar-refractivity contribution is 4.78. The third-order valence-electron chi connectivity index (χ3n) is 2.87. The van der Waals surface area contributed by atoms with Crippen molar-refractivity contribution in [2.75, 3.05) is 13.2 Å². The van der Waals surface area contributed by atoms with Crippen molar-refractivity contribution >= 4 is 0 Å². The number of aliphatic hydroxyl groups is 1. The molecule has 0 radical (unpaired) electrons. The first-order valence-corrected chi connectivity index (χ1v) is 5.26. The van der Waals surface area contributed by atoms with Crippen LogP contribution in [0.1, 0.15) is 32.1 Å². The molecule has 0 bridgehead atoms. The summed E-state index contributed by atoms with van der Waals surface area (Å²) in [6.07, 6.45) is 5.21. The van der Waals surface area contributed by atoms with Crippen molar-refractivity contribution in [1.29, 1.82) is 0 Å². The number of rotatable bonds is 3. The molecule has 76 valence electrons. The first-order chi connectivity index (χ1) is 6.34. The molecule has 1 atom stereocenters. The molecular weight excluding hydrogens is 168 g/mol. The lowest BCUT2D eigenvalue weighted by molar-refractivity contribution is -0.177. The van der Waals surface area contributed by atoms with Crippen molar-refractivity contribution in [3.05, 3.63) is 0 Å². The van der Waals surface area contributed by atoms with Crippen molar-refractivity contribution in [2.24, 2.45) is 5.92 Å². The van der Waals surface area contributed by atoms with Crippen LogP contribution in [-0.4, -0.2) is 30.7 Å². The molecule has 1 saturated carbocycles. The number of hydrogen-bond acceptors (Lipinski definition) is 3. The second-order valence-electron chi connectivity index (χ2n) is 4.12. The minimum atomic E-state index is -0.0686. The summed E-state index contributed by atoms with van der Waals surface area (Å²) in [6.45, 7) is 1.61. The highest BCUT2D eigenvalue weighted by atomic mass is 16.7. The van der Waals surface area contributed by atoms with E-state index in [4.69, 9.17) is 14.6 Å². The third-order valence-corrected chi connectivity index (χ3v) is 2.87. The van der Waals surface area contributed by atoms with Crippen LogP contribution in [-0.2, 0) is 9.47 Å². The van der Waals surface area contributed by atoms with Gasteiger partial charge in [-0.05, 0) is 38.0 Å². The zero-order valence-electron chi connectivity index (χ0n) is 7.95. The van der Waals surface area contributed by atoms with Crippen LogP contribution < -0.4 is 0 Å². The van der Waals surface area contributed by atoms with Crippen LogP contribution in [0.5, 0.6) is 0 Å². The summed E-state index contributed by atoms with van der Waals surface area (Å²) in [4.78, 5) is 0. The lowest BCUT2D eigenvalue weighted by atomic mass is 9.83. The first-order valence-electron chi connectivity index (χ1n) is 5.26. The molecule has 2 fully saturated rings. The summed E-state index contributed by atoms with van der Waals surface area (Å²) in [7, 11) is 0. The summed E-state index contributed by atoms with van der Waals surface area (Å²) in [5, 5.41) is 9.07. The quantitative estimate of drug-likeness (QED) is 0.722. The van der Waals surface area contributed by atoms with Crippen LogP contribution in [0.4, 0.5) is 0 Å². The summed E-state index contributed by atoms with van der Waals surface area (Å²) in [5.74, 6) is 0.570. The van der Waals surface area contributed by atoms with E-state index in [1.54, 1.807) is 0 Å². The van der Waals surface area contributed by atoms with Gasteiger partial charge >= 0.3 is 0 Å². The zero-order valence-corrected chi connectivity index (χ0v) is 7.95. The van der Waals surface area contributed by atoms with Gasteiger partial charge in [0.25, 0.3) is 0 Å². The van der Waals surface area contributed by atoms with Gasteiger partial charge in [0.1, 0.15) is 0 Å². The molecule has 3 heteroatoms. The van der Waals surface area contributed by atoms with Gasteiger partial charge in [0, 0.05) is 6.61 Å². The van der Waals surface area contributed by atoms with E-state index in [-0.39, 0.29) is 12.4 Å². The second kappa shape index (κ2) is 4.40. The van der Waals surface area contributed by atoms with Crippen LogP contribution in [0.3, 0.4) is 0 Å². The van der Waals surface area contributed by atoms with E-state index >= 15 is 0 Å². The highest BCUT2D eigenvalue weighted by Gasteiger charge is 2.28. The number of ether oxygens (including phenoxy) is 2. The van der Waals surface area contributed by atoms with Crippen molar-refractivity contribution in [1.82, 2.24) is 0 Å². The van der Waals surface area contributed by atoms with Gasteiger partial charge in [0.15, 0.2) is 6.29 Å². The third kappa shape index (κ3) is 2.66. The first kappa shape index (κ1) is 9.44. The molecule has 0 aromatic heterocycles. The predicted molar refractivity (Wildman–Crippen MR) is 48.3 cm³/mol. The Bertz CT molecular complexity index is 148. The van der Waals surface area contributed by atoms with Crippen molar-refractivity contribution < 1.29 is 14.6 Å². The maximum Gasteiger partial charge on any atom is 0.157 e. The Morgan fingerprint density at radius 3 is 2.77 bits per heavy atom. The number of aliphatic hydroxyl groups excluding tert-OH is 1. The van der Waals surface area contributed by atoms with Gasteiger partial charge in [-0.15, -0.1) is 0 Å². The monoisotopic (exact) mass is 186 g/mol. The fraction of sp³-hybridized carbons (Fsp3) is 1.00. The molecule has 1 aliphatic heterocycles. The normalized spacial score (nSPS) is 39.9. The summed E-state index contributed by atoms with van der Waals surface area (Å²) < 4.78 is 11.0. The van der Waals surface area contributed by atoms with Crippen LogP contribution >= 0.6 is 0 Å². The van der Waals surface area contributed by atoms with E-state index in [1.807, 2.05) is 0 Å². The molecule has 2 aliphatic rings. The molecule has 1 saturated heterocycles. The van der Waals surface area contributed by atoms with Gasteiger partial charge in [0.05, 0.1) is 12.7 Å². The molecule has 1 N–H and O–H groups in total. The van der Waals surface area contributed by atoms with Crippen LogP contribution in [0.15, 0.2) is 0 Å². The Hall–Kier alpha value is -0.120. The highest BCUT2D eigenvalue weighted by Crippen LogP contribution is 2.28. The Labute approximate surface area is 79.0 Å². The average molecular weight is 186 g/mol. The Balaban J connectivity index is 1.56. The van der Waals surface area contributed by atoms with Crippen molar-refractivity contribution in [3.63, 3.8) is 0 Å². The van der Waals surface area contributed by atoms with E-state index in [1.165, 1.54) is 12.8 Å². The molecule has 1 aliphatic carbocycles. The number of hydrogen-bond donors (Lipinski definition) is 1. The largest absolute Gasteiger partial charge is 0.393 e. The second-order valence-corrected chi connectivity index (χ2v) is 4.12. The van der Waals surface area contributed by atoms with Crippen molar-refractivity contribution in [2.45, 2.75) is 44.5 Å². The maximum atomic E-state index is 9.07. The fourth-order valence-corrected chi connectivity index (χ4v) is 1.92. The Kier molecular flexibility index (Phi) is 3.19. The van der Waals surface area contributed by atoms with Gasteiger partial charge in [-0.2, -0.15) is 0 Å². The van der Waals surface area contributed by atoms with Crippen LogP contribution in [0.25, 0.3) is 0 Å². The van der Waals surface area contributed by atoms with E-state index in [9.17, 15) is 0 Å². The van der Waals surface area contributed by atoms with Gasteiger partial charge in [0.2, 0.25) is 0 Å². The minimum absolute atomic E-state index is 0.0338. The molecular formula is C10H18O3. The lowest BCUT2D eigenvalue weighted by Crippen LogP contribution is -2.34. The SMILES string of the molecule is OC1CC(COC2CCCCO2)C1. The lowest BCUT2D eigenvalue weighted by Gasteiger charge is -2.33. The fourth-order valence-electron chi connectivity index (χ4n) is 1.92. The molecule has 0 spiro atoms. The van der Waals surface area contributed by atoms with E-state index in [0.29, 0.717) is 5.92 Å². The van der Waals surface area contributed by atoms with Crippen LogP contribution in [0, 0.1) is 5.92 Å². The van der Waals surface area contributed by atoms with E-state index in [0.717, 1.165) is 32.5 Å². The minimum Gasteiger partial charge on any atom is -0.393 e. The smallest absolute Gasteiger partial charge is 0.157 e. The van der Waals surface area contributed by atoms with Crippen LogP contribution in [0.2, 0.25) is 0 Å². The van der Waals surface area contributed by atoms with E-state index < -0.39 is 0 Å². The molecule has 0 amide bonds. The standard InChI is InChI=1S/C10H18O3/c11-9-5-8(6-9)7-13-10-3-1-2-4-12-10/h8-11H,1-7H2. The average Bonchev–Trinajstić information content (AvgIpc) is 2.12. The molecule has 13 heavy (non-hydrogen) atoms. The Morgan fingerprint density at radius 2 is 2.15 bits per heavy atom. The molecule has 0 aromatic rings. The van der Waals surface area contributed by atoms with E-state index in [2.05, 4.69) is 0 Å². The van der Waals surface area contributed by atoms with Gasteiger partial charge < -0.3 is 14.6 Å². The van der Waals surface area contributed by atoms with Gasteiger partial charge in [-0.3, -0.25) is 0 Å². The summed E-state index contributed by atoms with van der Waals surface area (Å²) in [5.41, 5.74) is 0. The molecule has 1 unspecified atom stereocenters. The molecule has 2 rings (SSSR count). The van der Waals surface area contributed by atoms with Gasteiger partial charge in [-0.25, -0.2) is 0 Å². The van der Waals surface area contributed by atoms with Gasteiger partial charge in [-0.1, -0.05) is 0 Å². The zero-order chi connectivity index (χ0) is 9.10. The summed E-state index contributed by atoms with van der Waals surface area (Å²) >= 11 is 0. The molecule has 0 aromatic carbocycles. The van der Waals surface area contributed by atoms with Crippen molar-refractivity contribution in [3.8, 4) is 0 Å². The predicted octanol–water partition coefficient (Wildman–Crippen LogP) is 1.30. The molecule has 3 nitrogen and oxygen atoms in total. The topological polar surface area (TPSA) is 38.7 Å². The molecule has 1 heterocycles. The summed E-state index contributed by atoms with van der Waals surface area (Å²) in [6, 6.07) is 0.